The van der Waals surface area contributed by atoms with Crippen molar-refractivity contribution in [3.63, 3.8) is 0 Å². The number of nitrogens with one attached hydrogen (secondary N) is 1. The van der Waals surface area contributed by atoms with Crippen molar-refractivity contribution in [3.8, 4) is 0 Å². The predicted octanol–water partition coefficient (Wildman–Crippen LogP) is 3.91. The van der Waals surface area contributed by atoms with E-state index in [-0.39, 0.29) is 12.3 Å². The normalized spacial score (nSPS) is 23.0. The minimum absolute atomic E-state index is 0.0292. The van der Waals surface area contributed by atoms with Crippen LogP contribution in [-0.2, 0) is 59.2 Å². The molecule has 0 radical (unpaired) electrons. The SMILES string of the molecule is CCCCC(CC)C(=O)OC1C[C@H](n2ccc(=O)[nH]c2=O)O[C@@H]1COP(=O)(OC)OP(=O)(OC)OP(=O)(OC)OC. The van der Waals surface area contributed by atoms with Crippen LogP contribution in [0.15, 0.2) is 21.9 Å². The second-order valence-electron chi connectivity index (χ2n) is 8.64. The number of carbonyl (C=O) groups excluding carboxylic acids is 1. The fourth-order valence-electron chi connectivity index (χ4n) is 3.73. The first-order valence-corrected chi connectivity index (χ1v) is 17.0. The van der Waals surface area contributed by atoms with E-state index in [9.17, 15) is 28.1 Å². The highest BCUT2D eigenvalue weighted by molar-refractivity contribution is 7.67. The second-order valence-corrected chi connectivity index (χ2v) is 14.3. The molecule has 1 N–H and O–H groups in total. The lowest BCUT2D eigenvalue weighted by atomic mass is 9.99. The zero-order valence-corrected chi connectivity index (χ0v) is 26.3. The van der Waals surface area contributed by atoms with E-state index in [2.05, 4.69) is 18.6 Å². The highest BCUT2D eigenvalue weighted by Gasteiger charge is 2.47. The van der Waals surface area contributed by atoms with Gasteiger partial charge in [-0.15, -0.1) is 0 Å². The van der Waals surface area contributed by atoms with Crippen LogP contribution in [-0.4, -0.2) is 62.8 Å². The minimum Gasteiger partial charge on any atom is -0.459 e. The van der Waals surface area contributed by atoms with Crippen molar-refractivity contribution in [2.75, 3.05) is 35.0 Å². The van der Waals surface area contributed by atoms with Gasteiger partial charge in [-0.2, -0.15) is 8.62 Å². The summed E-state index contributed by atoms with van der Waals surface area (Å²) in [6, 6.07) is 1.11. The van der Waals surface area contributed by atoms with Crippen molar-refractivity contribution < 1.29 is 59.2 Å². The number of hydrogen-bond acceptors (Lipinski definition) is 15. The molecule has 1 aliphatic rings. The van der Waals surface area contributed by atoms with E-state index in [0.717, 1.165) is 51.9 Å². The van der Waals surface area contributed by atoms with Crippen LogP contribution in [0.5, 0.6) is 0 Å². The Kier molecular flexibility index (Phi) is 13.8. The number of hydrogen-bond donors (Lipinski definition) is 1. The van der Waals surface area contributed by atoms with Crippen LogP contribution in [0.2, 0.25) is 0 Å². The van der Waals surface area contributed by atoms with Crippen LogP contribution in [0.1, 0.15) is 52.2 Å². The van der Waals surface area contributed by atoms with Gasteiger partial charge in [0, 0.05) is 47.1 Å². The molecule has 1 aromatic rings. The maximum atomic E-state index is 13.2. The van der Waals surface area contributed by atoms with Gasteiger partial charge in [0.2, 0.25) is 0 Å². The predicted molar refractivity (Wildman–Crippen MR) is 142 cm³/mol. The number of phosphoric acid groups is 3. The van der Waals surface area contributed by atoms with Gasteiger partial charge < -0.3 is 9.47 Å². The lowest BCUT2D eigenvalue weighted by Crippen LogP contribution is -2.33. The Morgan fingerprint density at radius 3 is 2.17 bits per heavy atom. The summed E-state index contributed by atoms with van der Waals surface area (Å²) in [6.45, 7) is 3.22. The first kappa shape index (κ1) is 35.7. The number of aromatic nitrogens is 2. The molecular formula is C21H37N2O15P3. The van der Waals surface area contributed by atoms with Gasteiger partial charge in [0.1, 0.15) is 18.4 Å². The fourth-order valence-corrected chi connectivity index (χ4v) is 8.18. The van der Waals surface area contributed by atoms with Crippen LogP contribution in [0.4, 0.5) is 0 Å². The molecule has 236 valence electrons. The van der Waals surface area contributed by atoms with Crippen LogP contribution >= 0.6 is 23.5 Å². The molecule has 1 fully saturated rings. The molecule has 1 aliphatic heterocycles. The van der Waals surface area contributed by atoms with Gasteiger partial charge in [-0.05, 0) is 12.8 Å². The number of H-pyrrole nitrogens is 1. The smallest absolute Gasteiger partial charge is 0.459 e. The fraction of sp³-hybridized carbons (Fsp3) is 0.762. The number of rotatable bonds is 18. The van der Waals surface area contributed by atoms with E-state index in [1.807, 2.05) is 13.8 Å². The van der Waals surface area contributed by atoms with Gasteiger partial charge in [-0.3, -0.25) is 41.8 Å². The molecule has 0 amide bonds. The Balaban J connectivity index is 2.28. The Morgan fingerprint density at radius 1 is 1.02 bits per heavy atom. The molecule has 20 heteroatoms. The summed E-state index contributed by atoms with van der Waals surface area (Å²) in [5.41, 5.74) is -1.39. The summed E-state index contributed by atoms with van der Waals surface area (Å²) in [5.74, 6) is -0.880. The Hall–Kier alpha value is -1.48. The van der Waals surface area contributed by atoms with Gasteiger partial charge in [-0.1, -0.05) is 26.7 Å². The van der Waals surface area contributed by atoms with E-state index in [4.69, 9.17) is 27.1 Å². The van der Waals surface area contributed by atoms with Crippen molar-refractivity contribution in [3.05, 3.63) is 33.1 Å². The van der Waals surface area contributed by atoms with Crippen LogP contribution in [0, 0.1) is 5.92 Å². The highest BCUT2D eigenvalue weighted by atomic mass is 31.3. The third-order valence-electron chi connectivity index (χ3n) is 6.03. The molecule has 4 unspecified atom stereocenters. The van der Waals surface area contributed by atoms with Crippen molar-refractivity contribution in [1.82, 2.24) is 9.55 Å². The molecule has 6 atom stereocenters. The molecule has 0 bridgehead atoms. The number of ether oxygens (including phenoxy) is 2. The van der Waals surface area contributed by atoms with Gasteiger partial charge in [-0.25, -0.2) is 18.5 Å². The molecule has 0 saturated carbocycles. The Bertz CT molecular complexity index is 1260. The summed E-state index contributed by atoms with van der Waals surface area (Å²) in [5, 5.41) is 0. The molecule has 41 heavy (non-hydrogen) atoms. The number of carbonyl (C=O) groups is 1. The molecule has 2 heterocycles. The molecule has 17 nitrogen and oxygen atoms in total. The van der Waals surface area contributed by atoms with Crippen molar-refractivity contribution >= 4 is 29.4 Å². The summed E-state index contributed by atoms with van der Waals surface area (Å²) in [6.07, 6.45) is 0.873. The largest absolute Gasteiger partial charge is 0.492 e. The van der Waals surface area contributed by atoms with Crippen LogP contribution in [0.3, 0.4) is 0 Å². The zero-order valence-electron chi connectivity index (χ0n) is 23.6. The lowest BCUT2D eigenvalue weighted by molar-refractivity contribution is -0.158. The van der Waals surface area contributed by atoms with E-state index in [1.54, 1.807) is 0 Å². The van der Waals surface area contributed by atoms with E-state index < -0.39 is 65.7 Å². The van der Waals surface area contributed by atoms with Crippen molar-refractivity contribution in [1.29, 1.82) is 0 Å². The second kappa shape index (κ2) is 15.8. The average molecular weight is 650 g/mol. The third-order valence-corrected chi connectivity index (χ3v) is 11.5. The number of nitrogens with zero attached hydrogens (tertiary/aromatic N) is 1. The van der Waals surface area contributed by atoms with Crippen LogP contribution < -0.4 is 11.2 Å². The topological polar surface area (TPSA) is 206 Å². The molecule has 2 rings (SSSR count). The maximum absolute atomic E-state index is 13.2. The molecule has 0 aliphatic carbocycles. The average Bonchev–Trinajstić information content (AvgIpc) is 3.34. The molecule has 1 saturated heterocycles. The standard InChI is InChI=1S/C21H37N2O15P3/c1-7-9-10-15(8-2)20(25)36-16-13-19(23-12-11-18(24)22-21(23)26)35-17(16)14-34-40(28,32-5)38-41(29,33-6)37-39(27,30-3)31-4/h11-12,15-17,19H,7-10,13-14H2,1-6H3,(H,22,24,26)/t15?,16?,17-,19-,40?,41?/m1/s1. The highest BCUT2D eigenvalue weighted by Crippen LogP contribution is 2.72. The van der Waals surface area contributed by atoms with Gasteiger partial charge in [0.25, 0.3) is 5.56 Å². The minimum atomic E-state index is -4.92. The van der Waals surface area contributed by atoms with Crippen LogP contribution in [0.25, 0.3) is 0 Å². The third kappa shape index (κ3) is 10.0. The van der Waals surface area contributed by atoms with Crippen molar-refractivity contribution in [2.45, 2.75) is 64.4 Å². The molecular weight excluding hydrogens is 613 g/mol. The number of esters is 1. The zero-order chi connectivity index (χ0) is 30.8. The summed E-state index contributed by atoms with van der Waals surface area (Å²) in [7, 11) is -10.5. The van der Waals surface area contributed by atoms with Gasteiger partial charge in [0.05, 0.1) is 12.5 Å². The monoisotopic (exact) mass is 650 g/mol. The molecule has 0 spiro atoms. The first-order chi connectivity index (χ1) is 19.3. The lowest BCUT2D eigenvalue weighted by Gasteiger charge is -2.25. The van der Waals surface area contributed by atoms with E-state index in [0.29, 0.717) is 12.8 Å². The summed E-state index contributed by atoms with van der Waals surface area (Å²) >= 11 is 0. The Morgan fingerprint density at radius 2 is 1.63 bits per heavy atom. The number of phosphoric ester groups is 2. The van der Waals surface area contributed by atoms with Gasteiger partial charge in [0.15, 0.2) is 0 Å². The van der Waals surface area contributed by atoms with E-state index in [1.165, 1.54) is 6.20 Å². The molecule has 1 aromatic heterocycles. The van der Waals surface area contributed by atoms with E-state index >= 15 is 0 Å². The number of unbranched alkanes of at least 4 members (excludes halogenated alkanes) is 1. The maximum Gasteiger partial charge on any atom is 0.492 e. The molecule has 0 aromatic carbocycles. The van der Waals surface area contributed by atoms with Crippen molar-refractivity contribution in [2.24, 2.45) is 5.92 Å². The number of aromatic amines is 1. The first-order valence-electron chi connectivity index (χ1n) is 12.6. The summed E-state index contributed by atoms with van der Waals surface area (Å²) < 4.78 is 84.4. The van der Waals surface area contributed by atoms with Gasteiger partial charge >= 0.3 is 35.1 Å². The quantitative estimate of drug-likeness (QED) is 0.177. The Labute approximate surface area is 236 Å². The summed E-state index contributed by atoms with van der Waals surface area (Å²) in [4.78, 5) is 38.9.